The number of fused-ring (bicyclic) bond motifs is 1. The molecular formula is C11H9F3N6S. The zero-order valence-electron chi connectivity index (χ0n) is 10.4. The minimum absolute atomic E-state index is 0.0264. The molecule has 110 valence electrons. The van der Waals surface area contributed by atoms with Gasteiger partial charge in [-0.25, -0.2) is 15.8 Å². The van der Waals surface area contributed by atoms with Gasteiger partial charge >= 0.3 is 6.18 Å². The molecule has 0 spiro atoms. The summed E-state index contributed by atoms with van der Waals surface area (Å²) in [6, 6.07) is 1.81. The van der Waals surface area contributed by atoms with Gasteiger partial charge in [0.1, 0.15) is 11.4 Å². The average Bonchev–Trinajstić information content (AvgIpc) is 3.05. The van der Waals surface area contributed by atoms with E-state index in [2.05, 4.69) is 20.5 Å². The second kappa shape index (κ2) is 4.97. The Morgan fingerprint density at radius 2 is 2.14 bits per heavy atom. The van der Waals surface area contributed by atoms with Crippen LogP contribution in [0.3, 0.4) is 0 Å². The molecule has 0 aromatic carbocycles. The van der Waals surface area contributed by atoms with Crippen molar-refractivity contribution in [2.45, 2.75) is 12.7 Å². The number of nitrogen functional groups attached to an aromatic ring is 1. The van der Waals surface area contributed by atoms with Gasteiger partial charge in [-0.15, -0.1) is 11.3 Å². The smallest absolute Gasteiger partial charge is 0.308 e. The first-order valence-corrected chi connectivity index (χ1v) is 6.66. The van der Waals surface area contributed by atoms with Crippen LogP contribution in [0.2, 0.25) is 0 Å². The normalized spacial score (nSPS) is 12.0. The number of hydrazine groups is 1. The zero-order chi connectivity index (χ0) is 15.0. The molecule has 3 aromatic heterocycles. The largest absolute Gasteiger partial charge is 0.419 e. The van der Waals surface area contributed by atoms with E-state index in [0.29, 0.717) is 16.5 Å². The maximum Gasteiger partial charge on any atom is 0.419 e. The first-order chi connectivity index (χ1) is 9.97. The van der Waals surface area contributed by atoms with Crippen LogP contribution in [0.25, 0.3) is 10.2 Å². The van der Waals surface area contributed by atoms with Gasteiger partial charge in [0.15, 0.2) is 11.6 Å². The molecule has 0 bridgehead atoms. The summed E-state index contributed by atoms with van der Waals surface area (Å²) < 4.78 is 38.7. The van der Waals surface area contributed by atoms with Gasteiger partial charge in [0.05, 0.1) is 17.1 Å². The van der Waals surface area contributed by atoms with Gasteiger partial charge in [0.25, 0.3) is 0 Å². The molecule has 0 aliphatic heterocycles. The van der Waals surface area contributed by atoms with E-state index >= 15 is 0 Å². The van der Waals surface area contributed by atoms with Crippen molar-refractivity contribution >= 4 is 27.4 Å². The SMILES string of the molecule is NNc1nc(Cn2cc(C(F)(F)F)cn2)nc2sccc12. The van der Waals surface area contributed by atoms with Gasteiger partial charge in [0.2, 0.25) is 0 Å². The molecule has 0 radical (unpaired) electrons. The molecular weight excluding hydrogens is 305 g/mol. The van der Waals surface area contributed by atoms with Crippen molar-refractivity contribution in [2.75, 3.05) is 5.43 Å². The number of nitrogens with zero attached hydrogens (tertiary/aromatic N) is 4. The van der Waals surface area contributed by atoms with Gasteiger partial charge in [0, 0.05) is 6.20 Å². The van der Waals surface area contributed by atoms with Crippen molar-refractivity contribution in [1.82, 2.24) is 19.7 Å². The quantitative estimate of drug-likeness (QED) is 0.572. The van der Waals surface area contributed by atoms with Gasteiger partial charge in [-0.2, -0.15) is 18.3 Å². The van der Waals surface area contributed by atoms with E-state index in [0.717, 1.165) is 22.5 Å². The summed E-state index contributed by atoms with van der Waals surface area (Å²) in [5.74, 6) is 6.15. The summed E-state index contributed by atoms with van der Waals surface area (Å²) in [6.07, 6.45) is -2.73. The third kappa shape index (κ3) is 2.67. The van der Waals surface area contributed by atoms with Crippen molar-refractivity contribution in [3.63, 3.8) is 0 Å². The lowest BCUT2D eigenvalue weighted by molar-refractivity contribution is -0.137. The van der Waals surface area contributed by atoms with E-state index in [1.807, 2.05) is 11.4 Å². The van der Waals surface area contributed by atoms with Gasteiger partial charge in [-0.3, -0.25) is 4.68 Å². The number of aromatic nitrogens is 4. The highest BCUT2D eigenvalue weighted by Crippen LogP contribution is 2.29. The molecule has 3 aromatic rings. The van der Waals surface area contributed by atoms with E-state index in [-0.39, 0.29) is 6.54 Å². The van der Waals surface area contributed by atoms with Crippen LogP contribution < -0.4 is 11.3 Å². The van der Waals surface area contributed by atoms with E-state index in [4.69, 9.17) is 5.84 Å². The van der Waals surface area contributed by atoms with Crippen LogP contribution >= 0.6 is 11.3 Å². The van der Waals surface area contributed by atoms with Crippen molar-refractivity contribution in [3.05, 3.63) is 35.2 Å². The lowest BCUT2D eigenvalue weighted by Crippen LogP contribution is -2.12. The third-order valence-electron chi connectivity index (χ3n) is 2.77. The maximum atomic E-state index is 12.5. The predicted octanol–water partition coefficient (Wildman–Crippen LogP) is 2.24. The molecule has 0 saturated heterocycles. The van der Waals surface area contributed by atoms with Crippen LogP contribution in [0.1, 0.15) is 11.4 Å². The first-order valence-electron chi connectivity index (χ1n) is 5.78. The number of nitrogens with one attached hydrogen (secondary N) is 1. The second-order valence-corrected chi connectivity index (χ2v) is 5.09. The minimum Gasteiger partial charge on any atom is -0.308 e. The Bertz CT molecular complexity index is 778. The Balaban J connectivity index is 1.92. The Kier molecular flexibility index (Phi) is 3.26. The summed E-state index contributed by atoms with van der Waals surface area (Å²) in [7, 11) is 0. The molecule has 0 aliphatic carbocycles. The molecule has 21 heavy (non-hydrogen) atoms. The van der Waals surface area contributed by atoms with E-state index in [1.165, 1.54) is 11.3 Å². The summed E-state index contributed by atoms with van der Waals surface area (Å²) >= 11 is 1.39. The lowest BCUT2D eigenvalue weighted by atomic mass is 10.3. The number of thiophene rings is 1. The van der Waals surface area contributed by atoms with E-state index in [9.17, 15) is 13.2 Å². The highest BCUT2D eigenvalue weighted by Gasteiger charge is 2.32. The fourth-order valence-corrected chi connectivity index (χ4v) is 2.60. The van der Waals surface area contributed by atoms with Crippen LogP contribution in [0.4, 0.5) is 19.0 Å². The van der Waals surface area contributed by atoms with Crippen molar-refractivity contribution in [3.8, 4) is 0 Å². The molecule has 3 rings (SSSR count). The topological polar surface area (TPSA) is 81.6 Å². The summed E-state index contributed by atoms with van der Waals surface area (Å²) in [5, 5.41) is 6.27. The highest BCUT2D eigenvalue weighted by molar-refractivity contribution is 7.16. The number of nitrogens with two attached hydrogens (primary N) is 1. The van der Waals surface area contributed by atoms with Crippen molar-refractivity contribution in [1.29, 1.82) is 0 Å². The average molecular weight is 314 g/mol. The minimum atomic E-state index is -4.42. The van der Waals surface area contributed by atoms with Crippen LogP contribution in [-0.4, -0.2) is 19.7 Å². The molecule has 3 heterocycles. The Morgan fingerprint density at radius 1 is 1.33 bits per heavy atom. The van der Waals surface area contributed by atoms with Crippen LogP contribution in [0.15, 0.2) is 23.8 Å². The maximum absolute atomic E-state index is 12.5. The number of halogens is 3. The summed E-state index contributed by atoms with van der Waals surface area (Å²) in [4.78, 5) is 9.16. The van der Waals surface area contributed by atoms with Crippen LogP contribution in [-0.2, 0) is 12.7 Å². The molecule has 0 saturated carbocycles. The van der Waals surface area contributed by atoms with E-state index < -0.39 is 11.7 Å². The van der Waals surface area contributed by atoms with Crippen molar-refractivity contribution < 1.29 is 13.2 Å². The second-order valence-electron chi connectivity index (χ2n) is 4.20. The van der Waals surface area contributed by atoms with Gasteiger partial charge in [-0.05, 0) is 11.4 Å². The molecule has 0 amide bonds. The molecule has 6 nitrogen and oxygen atoms in total. The molecule has 0 fully saturated rings. The molecule has 10 heteroatoms. The van der Waals surface area contributed by atoms with Crippen LogP contribution in [0.5, 0.6) is 0 Å². The zero-order valence-corrected chi connectivity index (χ0v) is 11.2. The number of hydrogen-bond acceptors (Lipinski definition) is 6. The standard InChI is InChI=1S/C11H9F3N6S/c12-11(13,14)6-3-16-20(4-6)5-8-17-9(19-15)7-1-2-21-10(7)18-8/h1-4H,5,15H2,(H,17,18,19). The lowest BCUT2D eigenvalue weighted by Gasteiger charge is -2.05. The van der Waals surface area contributed by atoms with E-state index in [1.54, 1.807) is 0 Å². The monoisotopic (exact) mass is 314 g/mol. The Labute approximate surface area is 120 Å². The molecule has 0 unspecified atom stereocenters. The fraction of sp³-hybridized carbons (Fsp3) is 0.182. The number of rotatable bonds is 3. The third-order valence-corrected chi connectivity index (χ3v) is 3.58. The summed E-state index contributed by atoms with van der Waals surface area (Å²) in [5.41, 5.74) is 1.65. The fourth-order valence-electron chi connectivity index (χ4n) is 1.82. The molecule has 0 atom stereocenters. The van der Waals surface area contributed by atoms with Gasteiger partial charge in [-0.1, -0.05) is 0 Å². The van der Waals surface area contributed by atoms with Crippen LogP contribution in [0, 0.1) is 0 Å². The molecule has 0 aliphatic rings. The Morgan fingerprint density at radius 3 is 2.81 bits per heavy atom. The molecule has 3 N–H and O–H groups in total. The number of alkyl halides is 3. The summed E-state index contributed by atoms with van der Waals surface area (Å²) in [6.45, 7) is 0.0264. The Hall–Kier alpha value is -2.20. The van der Waals surface area contributed by atoms with Crippen molar-refractivity contribution in [2.24, 2.45) is 5.84 Å². The van der Waals surface area contributed by atoms with Gasteiger partial charge < -0.3 is 5.43 Å². The first kappa shape index (κ1) is 13.8. The number of hydrogen-bond donors (Lipinski definition) is 2. The predicted molar refractivity (Wildman–Crippen MR) is 71.6 cm³/mol. The number of anilines is 1. The highest BCUT2D eigenvalue weighted by atomic mass is 32.1.